The number of hydrogen-bond acceptors (Lipinski definition) is 5. The quantitative estimate of drug-likeness (QED) is 0.739. The molecule has 1 saturated carbocycles. The highest BCUT2D eigenvalue weighted by atomic mass is 32.2. The predicted molar refractivity (Wildman–Crippen MR) is 96.7 cm³/mol. The zero-order valence-electron chi connectivity index (χ0n) is 15.3. The van der Waals surface area contributed by atoms with Gasteiger partial charge < -0.3 is 14.4 Å². The van der Waals surface area contributed by atoms with Crippen LogP contribution in [-0.4, -0.2) is 63.6 Å². The van der Waals surface area contributed by atoms with Crippen LogP contribution in [0, 0.1) is 0 Å². The summed E-state index contributed by atoms with van der Waals surface area (Å²) in [5.74, 6) is 0.982. The molecule has 0 radical (unpaired) electrons. The molecule has 2 fully saturated rings. The maximum Gasteiger partial charge on any atom is 0.243 e. The van der Waals surface area contributed by atoms with Crippen molar-refractivity contribution in [2.45, 2.75) is 49.6 Å². The van der Waals surface area contributed by atoms with Crippen molar-refractivity contribution in [1.29, 1.82) is 0 Å². The van der Waals surface area contributed by atoms with E-state index >= 15 is 0 Å². The molecule has 6 nitrogen and oxygen atoms in total. The van der Waals surface area contributed by atoms with E-state index in [0.29, 0.717) is 11.5 Å². The van der Waals surface area contributed by atoms with Gasteiger partial charge in [0.2, 0.25) is 10.0 Å². The lowest BCUT2D eigenvalue weighted by atomic mass is 10.1. The summed E-state index contributed by atoms with van der Waals surface area (Å²) in [4.78, 5) is 2.67. The van der Waals surface area contributed by atoms with Crippen molar-refractivity contribution in [3.63, 3.8) is 0 Å². The third-order valence-corrected chi connectivity index (χ3v) is 7.20. The van der Waals surface area contributed by atoms with Crippen LogP contribution in [0.15, 0.2) is 23.1 Å². The van der Waals surface area contributed by atoms with E-state index in [1.807, 2.05) is 0 Å². The van der Waals surface area contributed by atoms with Gasteiger partial charge in [-0.2, -0.15) is 4.31 Å². The third kappa shape index (κ3) is 3.78. The Labute approximate surface area is 150 Å². The van der Waals surface area contributed by atoms with Crippen molar-refractivity contribution in [2.75, 3.05) is 33.9 Å². The molecule has 1 saturated heterocycles. The summed E-state index contributed by atoms with van der Waals surface area (Å²) in [6.45, 7) is 5.11. The molecule has 0 amide bonds. The highest BCUT2D eigenvalue weighted by Gasteiger charge is 2.43. The van der Waals surface area contributed by atoms with Crippen molar-refractivity contribution in [3.8, 4) is 11.5 Å². The highest BCUT2D eigenvalue weighted by Crippen LogP contribution is 2.38. The van der Waals surface area contributed by atoms with E-state index < -0.39 is 10.0 Å². The molecule has 2 aliphatic rings. The third-order valence-electron chi connectivity index (χ3n) is 5.20. The first-order valence-corrected chi connectivity index (χ1v) is 10.4. The SMILES string of the molecule is CCN1CCC(N(C2CC2)S(=O)(=O)c2ccc(OC)c(OC)c2)CC1. The van der Waals surface area contributed by atoms with Crippen LogP contribution in [0.25, 0.3) is 0 Å². The maximum absolute atomic E-state index is 13.3. The number of sulfonamides is 1. The normalized spacial score (nSPS) is 20.0. The van der Waals surface area contributed by atoms with Gasteiger partial charge in [-0.15, -0.1) is 0 Å². The van der Waals surface area contributed by atoms with Crippen LogP contribution in [0.2, 0.25) is 0 Å². The van der Waals surface area contributed by atoms with Crippen LogP contribution < -0.4 is 9.47 Å². The second kappa shape index (κ2) is 7.51. The number of hydrogen-bond donors (Lipinski definition) is 0. The van der Waals surface area contributed by atoms with Crippen LogP contribution in [-0.2, 0) is 10.0 Å². The van der Waals surface area contributed by atoms with Gasteiger partial charge in [0.1, 0.15) is 0 Å². The maximum atomic E-state index is 13.3. The van der Waals surface area contributed by atoms with Gasteiger partial charge in [0.25, 0.3) is 0 Å². The Bertz CT molecular complexity index is 695. The van der Waals surface area contributed by atoms with Crippen LogP contribution in [0.4, 0.5) is 0 Å². The minimum atomic E-state index is -3.54. The van der Waals surface area contributed by atoms with Crippen molar-refractivity contribution in [3.05, 3.63) is 18.2 Å². The van der Waals surface area contributed by atoms with Gasteiger partial charge in [-0.1, -0.05) is 6.92 Å². The number of rotatable bonds is 7. The minimum absolute atomic E-state index is 0.0911. The van der Waals surface area contributed by atoms with E-state index in [1.165, 1.54) is 7.11 Å². The number of ether oxygens (including phenoxy) is 2. The Morgan fingerprint density at radius 3 is 2.16 bits per heavy atom. The molecule has 0 spiro atoms. The first kappa shape index (κ1) is 18.5. The smallest absolute Gasteiger partial charge is 0.243 e. The summed E-state index contributed by atoms with van der Waals surface area (Å²) in [5.41, 5.74) is 0. The molecule has 0 N–H and O–H groups in total. The second-order valence-electron chi connectivity index (χ2n) is 6.75. The van der Waals surface area contributed by atoms with Gasteiger partial charge >= 0.3 is 0 Å². The molecule has 0 unspecified atom stereocenters. The number of benzene rings is 1. The monoisotopic (exact) mass is 368 g/mol. The lowest BCUT2D eigenvalue weighted by Gasteiger charge is -2.37. The fourth-order valence-corrected chi connectivity index (χ4v) is 5.55. The Morgan fingerprint density at radius 2 is 1.64 bits per heavy atom. The number of nitrogens with zero attached hydrogens (tertiary/aromatic N) is 2. The molecule has 25 heavy (non-hydrogen) atoms. The molecule has 1 aromatic carbocycles. The molecule has 0 aromatic heterocycles. The molecule has 1 heterocycles. The van der Waals surface area contributed by atoms with Gasteiger partial charge in [0.15, 0.2) is 11.5 Å². The second-order valence-corrected chi connectivity index (χ2v) is 8.59. The summed E-state index contributed by atoms with van der Waals surface area (Å²) in [7, 11) is -0.473. The molecule has 1 aliphatic heterocycles. The first-order chi connectivity index (χ1) is 12.0. The Hall–Kier alpha value is -1.31. The van der Waals surface area contributed by atoms with E-state index in [9.17, 15) is 8.42 Å². The van der Waals surface area contributed by atoms with Gasteiger partial charge in [-0.05, 0) is 57.5 Å². The first-order valence-electron chi connectivity index (χ1n) is 8.99. The van der Waals surface area contributed by atoms with Crippen molar-refractivity contribution in [2.24, 2.45) is 0 Å². The van der Waals surface area contributed by atoms with E-state index in [1.54, 1.807) is 29.6 Å². The average molecular weight is 368 g/mol. The van der Waals surface area contributed by atoms with Gasteiger partial charge in [-0.3, -0.25) is 0 Å². The molecule has 7 heteroatoms. The molecule has 140 valence electrons. The zero-order valence-corrected chi connectivity index (χ0v) is 16.1. The van der Waals surface area contributed by atoms with E-state index in [4.69, 9.17) is 9.47 Å². The van der Waals surface area contributed by atoms with Crippen LogP contribution >= 0.6 is 0 Å². The molecule has 1 aliphatic carbocycles. The highest BCUT2D eigenvalue weighted by molar-refractivity contribution is 7.89. The fourth-order valence-electron chi connectivity index (χ4n) is 3.61. The molecular formula is C18H28N2O4S. The standard InChI is InChI=1S/C18H28N2O4S/c1-4-19-11-9-15(10-12-19)20(14-5-6-14)25(21,22)16-7-8-17(23-2)18(13-16)24-3/h7-8,13-15H,4-6,9-12H2,1-3H3. The molecule has 3 rings (SSSR count). The van der Waals surface area contributed by atoms with Crippen LogP contribution in [0.3, 0.4) is 0 Å². The Balaban J connectivity index is 1.88. The molecular weight excluding hydrogens is 340 g/mol. The number of methoxy groups -OCH3 is 2. The Kier molecular flexibility index (Phi) is 5.55. The topological polar surface area (TPSA) is 59.1 Å². The number of likely N-dealkylation sites (tertiary alicyclic amines) is 1. The lowest BCUT2D eigenvalue weighted by molar-refractivity contribution is 0.161. The Morgan fingerprint density at radius 1 is 1.04 bits per heavy atom. The summed E-state index contributed by atoms with van der Waals surface area (Å²) in [5, 5.41) is 0. The van der Waals surface area contributed by atoms with Gasteiger partial charge in [0.05, 0.1) is 19.1 Å². The largest absolute Gasteiger partial charge is 0.493 e. The van der Waals surface area contributed by atoms with E-state index in [0.717, 1.165) is 45.3 Å². The molecule has 0 atom stereocenters. The molecule has 1 aromatic rings. The predicted octanol–water partition coefficient (Wildman–Crippen LogP) is 2.34. The fraction of sp³-hybridized carbons (Fsp3) is 0.667. The summed E-state index contributed by atoms with van der Waals surface area (Å²) < 4.78 is 39.0. The number of piperidine rings is 1. The minimum Gasteiger partial charge on any atom is -0.493 e. The van der Waals surface area contributed by atoms with Crippen molar-refractivity contribution < 1.29 is 17.9 Å². The van der Waals surface area contributed by atoms with Crippen molar-refractivity contribution >= 4 is 10.0 Å². The average Bonchev–Trinajstić information content (AvgIpc) is 3.46. The van der Waals surface area contributed by atoms with E-state index in [2.05, 4.69) is 11.8 Å². The van der Waals surface area contributed by atoms with Gasteiger partial charge in [0, 0.05) is 18.2 Å². The van der Waals surface area contributed by atoms with Crippen molar-refractivity contribution in [1.82, 2.24) is 9.21 Å². The summed E-state index contributed by atoms with van der Waals surface area (Å²) in [6, 6.07) is 5.10. The summed E-state index contributed by atoms with van der Waals surface area (Å²) >= 11 is 0. The molecule has 0 bridgehead atoms. The van der Waals surface area contributed by atoms with Gasteiger partial charge in [-0.25, -0.2) is 8.42 Å². The van der Waals surface area contributed by atoms with Crippen LogP contribution in [0.5, 0.6) is 11.5 Å². The summed E-state index contributed by atoms with van der Waals surface area (Å²) in [6.07, 6.45) is 3.72. The lowest BCUT2D eigenvalue weighted by Crippen LogP contribution is -2.48. The van der Waals surface area contributed by atoms with E-state index in [-0.39, 0.29) is 17.0 Å². The zero-order chi connectivity index (χ0) is 18.0. The van der Waals surface area contributed by atoms with Crippen LogP contribution in [0.1, 0.15) is 32.6 Å².